The first-order valence-corrected chi connectivity index (χ1v) is 5.42. The summed E-state index contributed by atoms with van der Waals surface area (Å²) < 4.78 is 0. The van der Waals surface area contributed by atoms with E-state index in [0.29, 0.717) is 5.82 Å². The van der Waals surface area contributed by atoms with Gasteiger partial charge in [-0.25, -0.2) is 4.98 Å². The number of halogens is 1. The van der Waals surface area contributed by atoms with Gasteiger partial charge in [0.1, 0.15) is 5.82 Å². The molecule has 14 heavy (non-hydrogen) atoms. The van der Waals surface area contributed by atoms with Crippen molar-refractivity contribution in [1.29, 1.82) is 0 Å². The number of rotatable bonds is 3. The Morgan fingerprint density at radius 1 is 1.64 bits per heavy atom. The molecule has 0 saturated carbocycles. The van der Waals surface area contributed by atoms with Crippen LogP contribution in [0, 0.1) is 6.92 Å². The third kappa shape index (κ3) is 3.10. The Bertz CT molecular complexity index is 310. The van der Waals surface area contributed by atoms with E-state index in [1.165, 1.54) is 0 Å². The van der Waals surface area contributed by atoms with E-state index in [-0.39, 0.29) is 10.7 Å². The van der Waals surface area contributed by atoms with Crippen molar-refractivity contribution in [2.45, 2.75) is 25.1 Å². The molecule has 1 unspecified atom stereocenters. The zero-order valence-corrected chi connectivity index (χ0v) is 9.84. The van der Waals surface area contributed by atoms with Crippen molar-refractivity contribution in [3.05, 3.63) is 23.9 Å². The Balaban J connectivity index is 2.60. The molecule has 1 atom stereocenters. The van der Waals surface area contributed by atoms with Gasteiger partial charge >= 0.3 is 0 Å². The largest absolute Gasteiger partial charge is 0.310 e. The third-order valence-electron chi connectivity index (χ3n) is 1.81. The minimum atomic E-state index is -0.148. The maximum Gasteiger partial charge on any atom is 0.239 e. The maximum atomic E-state index is 11.4. The Hall–Kier alpha value is -0.900. The molecule has 76 valence electrons. The highest BCUT2D eigenvalue weighted by Gasteiger charge is 2.12. The first kappa shape index (κ1) is 11.2. The van der Waals surface area contributed by atoms with Crippen LogP contribution in [0.25, 0.3) is 0 Å². The highest BCUT2D eigenvalue weighted by molar-refractivity contribution is 9.10. The lowest BCUT2D eigenvalue weighted by Crippen LogP contribution is -2.22. The van der Waals surface area contributed by atoms with Crippen LogP contribution in [-0.4, -0.2) is 15.7 Å². The number of carbonyl (C=O) groups excluding carboxylic acids is 1. The molecule has 1 heterocycles. The van der Waals surface area contributed by atoms with Gasteiger partial charge in [-0.05, 0) is 25.0 Å². The number of nitrogens with zero attached hydrogens (tertiary/aromatic N) is 1. The van der Waals surface area contributed by atoms with Crippen molar-refractivity contribution in [2.24, 2.45) is 0 Å². The first-order chi connectivity index (χ1) is 6.63. The van der Waals surface area contributed by atoms with E-state index >= 15 is 0 Å². The molecule has 0 radical (unpaired) electrons. The lowest BCUT2D eigenvalue weighted by Gasteiger charge is -2.07. The van der Waals surface area contributed by atoms with Crippen LogP contribution >= 0.6 is 15.9 Å². The summed E-state index contributed by atoms with van der Waals surface area (Å²) in [5, 5.41) is 2.72. The lowest BCUT2D eigenvalue weighted by molar-refractivity contribution is -0.115. The van der Waals surface area contributed by atoms with Gasteiger partial charge in [0.15, 0.2) is 0 Å². The number of nitrogens with one attached hydrogen (secondary N) is 1. The number of pyridine rings is 1. The summed E-state index contributed by atoms with van der Waals surface area (Å²) in [6.45, 7) is 3.90. The van der Waals surface area contributed by atoms with Crippen molar-refractivity contribution in [3.8, 4) is 0 Å². The van der Waals surface area contributed by atoms with Crippen LogP contribution in [0.1, 0.15) is 18.9 Å². The second-order valence-electron chi connectivity index (χ2n) is 3.09. The van der Waals surface area contributed by atoms with E-state index in [1.807, 2.05) is 19.9 Å². The summed E-state index contributed by atoms with van der Waals surface area (Å²) in [5.41, 5.74) is 1.08. The summed E-state index contributed by atoms with van der Waals surface area (Å²) in [6.07, 6.45) is 2.49. The number of amides is 1. The predicted molar refractivity (Wildman–Crippen MR) is 60.6 cm³/mol. The van der Waals surface area contributed by atoms with Gasteiger partial charge in [0.2, 0.25) is 5.91 Å². The van der Waals surface area contributed by atoms with Gasteiger partial charge in [0, 0.05) is 6.20 Å². The number of hydrogen-bond acceptors (Lipinski definition) is 2. The average Bonchev–Trinajstić information content (AvgIpc) is 2.20. The van der Waals surface area contributed by atoms with Crippen LogP contribution in [-0.2, 0) is 4.79 Å². The molecule has 1 amide bonds. The van der Waals surface area contributed by atoms with E-state index in [1.54, 1.807) is 12.3 Å². The summed E-state index contributed by atoms with van der Waals surface area (Å²) in [4.78, 5) is 15.4. The highest BCUT2D eigenvalue weighted by Crippen LogP contribution is 2.09. The number of aromatic nitrogens is 1. The van der Waals surface area contributed by atoms with Crippen molar-refractivity contribution in [2.75, 3.05) is 5.32 Å². The molecule has 0 spiro atoms. The van der Waals surface area contributed by atoms with Gasteiger partial charge in [0.25, 0.3) is 0 Å². The molecule has 0 bridgehead atoms. The van der Waals surface area contributed by atoms with E-state index in [4.69, 9.17) is 0 Å². The summed E-state index contributed by atoms with van der Waals surface area (Å²) >= 11 is 3.27. The molecule has 0 aliphatic carbocycles. The van der Waals surface area contributed by atoms with Crippen molar-refractivity contribution >= 4 is 27.7 Å². The molecule has 0 aliphatic rings. The summed E-state index contributed by atoms with van der Waals surface area (Å²) in [6, 6.07) is 3.71. The van der Waals surface area contributed by atoms with E-state index in [9.17, 15) is 4.79 Å². The zero-order valence-electron chi connectivity index (χ0n) is 8.25. The molecular weight excluding hydrogens is 244 g/mol. The molecule has 3 nitrogen and oxygen atoms in total. The molecule has 1 N–H and O–H groups in total. The number of carbonyl (C=O) groups is 1. The summed E-state index contributed by atoms with van der Waals surface area (Å²) in [7, 11) is 0. The van der Waals surface area contributed by atoms with Gasteiger partial charge in [-0.3, -0.25) is 4.79 Å². The van der Waals surface area contributed by atoms with E-state index in [0.717, 1.165) is 12.0 Å². The van der Waals surface area contributed by atoms with Gasteiger partial charge < -0.3 is 5.32 Å². The first-order valence-electron chi connectivity index (χ1n) is 4.51. The zero-order chi connectivity index (χ0) is 10.6. The fraction of sp³-hybridized carbons (Fsp3) is 0.400. The molecule has 1 aromatic rings. The molecule has 0 saturated heterocycles. The second-order valence-corrected chi connectivity index (χ2v) is 4.19. The van der Waals surface area contributed by atoms with Crippen LogP contribution in [0.15, 0.2) is 18.3 Å². The van der Waals surface area contributed by atoms with Gasteiger partial charge in [-0.2, -0.15) is 0 Å². The minimum absolute atomic E-state index is 0.0520. The average molecular weight is 257 g/mol. The molecule has 0 aromatic carbocycles. The van der Waals surface area contributed by atoms with Gasteiger partial charge in [-0.15, -0.1) is 0 Å². The third-order valence-corrected chi connectivity index (χ3v) is 2.87. The lowest BCUT2D eigenvalue weighted by atomic mass is 10.3. The van der Waals surface area contributed by atoms with Crippen LogP contribution in [0.3, 0.4) is 0 Å². The SMILES string of the molecule is CCC(Br)C(=O)Nc1ccc(C)cn1. The van der Waals surface area contributed by atoms with Crippen LogP contribution < -0.4 is 5.32 Å². The number of aryl methyl sites for hydroxylation is 1. The monoisotopic (exact) mass is 256 g/mol. The quantitative estimate of drug-likeness (QED) is 0.845. The Kier molecular flexibility index (Phi) is 4.07. The molecule has 0 fully saturated rings. The number of hydrogen-bond donors (Lipinski definition) is 1. The molecule has 1 aromatic heterocycles. The number of anilines is 1. The van der Waals surface area contributed by atoms with Crippen molar-refractivity contribution in [3.63, 3.8) is 0 Å². The topological polar surface area (TPSA) is 42.0 Å². The molecule has 1 rings (SSSR count). The van der Waals surface area contributed by atoms with Crippen molar-refractivity contribution in [1.82, 2.24) is 4.98 Å². The standard InChI is InChI=1S/C10H13BrN2O/c1-3-8(11)10(14)13-9-5-4-7(2)6-12-9/h4-6,8H,3H2,1-2H3,(H,12,13,14). The fourth-order valence-electron chi connectivity index (χ4n) is 0.932. The fourth-order valence-corrected chi connectivity index (χ4v) is 1.05. The van der Waals surface area contributed by atoms with Crippen LogP contribution in [0.2, 0.25) is 0 Å². The van der Waals surface area contributed by atoms with E-state index in [2.05, 4.69) is 26.2 Å². The molecule has 0 aliphatic heterocycles. The Morgan fingerprint density at radius 3 is 2.86 bits per heavy atom. The van der Waals surface area contributed by atoms with Crippen LogP contribution in [0.4, 0.5) is 5.82 Å². The molecule has 4 heteroatoms. The number of alkyl halides is 1. The van der Waals surface area contributed by atoms with Crippen molar-refractivity contribution < 1.29 is 4.79 Å². The summed E-state index contributed by atoms with van der Waals surface area (Å²) in [5.74, 6) is 0.544. The Labute approximate surface area is 92.1 Å². The predicted octanol–water partition coefficient (Wildman–Crippen LogP) is 2.50. The maximum absolute atomic E-state index is 11.4. The van der Waals surface area contributed by atoms with E-state index < -0.39 is 0 Å². The normalized spacial score (nSPS) is 12.2. The smallest absolute Gasteiger partial charge is 0.239 e. The minimum Gasteiger partial charge on any atom is -0.310 e. The Morgan fingerprint density at radius 2 is 2.36 bits per heavy atom. The van der Waals surface area contributed by atoms with Gasteiger partial charge in [0.05, 0.1) is 4.83 Å². The van der Waals surface area contributed by atoms with Crippen LogP contribution in [0.5, 0.6) is 0 Å². The molecular formula is C10H13BrN2O. The second kappa shape index (κ2) is 5.10. The van der Waals surface area contributed by atoms with Gasteiger partial charge in [-0.1, -0.05) is 28.9 Å². The highest BCUT2D eigenvalue weighted by atomic mass is 79.9.